The number of hydrogen-bond donors (Lipinski definition) is 0. The third kappa shape index (κ3) is 2.83. The van der Waals surface area contributed by atoms with Crippen molar-refractivity contribution in [1.82, 2.24) is 4.98 Å². The maximum Gasteiger partial charge on any atom is 0.270 e. The van der Waals surface area contributed by atoms with E-state index in [0.29, 0.717) is 32.2 Å². The van der Waals surface area contributed by atoms with Crippen LogP contribution in [0, 0.1) is 0 Å². The van der Waals surface area contributed by atoms with Crippen LogP contribution in [0.2, 0.25) is 0 Å². The number of pyridine rings is 1. The number of hydrogen-bond acceptors (Lipinski definition) is 7. The lowest BCUT2D eigenvalue weighted by molar-refractivity contribution is -0.113. The van der Waals surface area contributed by atoms with Crippen molar-refractivity contribution in [3.8, 4) is 17.2 Å². The monoisotopic (exact) mass is 372 g/mol. The molecule has 1 fully saturated rings. The third-order valence-electron chi connectivity index (χ3n) is 3.68. The molecule has 6 nitrogen and oxygen atoms in total. The van der Waals surface area contributed by atoms with Gasteiger partial charge in [0, 0.05) is 6.20 Å². The number of carbonyl (C=O) groups excluding carboxylic acids is 1. The van der Waals surface area contributed by atoms with Crippen LogP contribution in [0.15, 0.2) is 41.6 Å². The topological polar surface area (TPSA) is 60.9 Å². The first-order valence-corrected chi connectivity index (χ1v) is 8.55. The van der Waals surface area contributed by atoms with Gasteiger partial charge in [0.15, 0.2) is 15.8 Å². The molecule has 2 aromatic rings. The minimum absolute atomic E-state index is 0.151. The number of ether oxygens (including phenoxy) is 3. The zero-order valence-electron chi connectivity index (χ0n) is 13.1. The summed E-state index contributed by atoms with van der Waals surface area (Å²) in [7, 11) is 1.56. The van der Waals surface area contributed by atoms with Gasteiger partial charge in [0.1, 0.15) is 0 Å². The fourth-order valence-electron chi connectivity index (χ4n) is 2.56. The summed E-state index contributed by atoms with van der Waals surface area (Å²) in [5, 5.41) is 0. The molecule has 2 aliphatic rings. The number of thiocarbonyl (C=S) groups is 1. The van der Waals surface area contributed by atoms with Crippen LogP contribution in [0.1, 0.15) is 5.56 Å². The average Bonchev–Trinajstić information content (AvgIpc) is 3.20. The summed E-state index contributed by atoms with van der Waals surface area (Å²) in [5.74, 6) is 1.54. The molecule has 8 heteroatoms. The van der Waals surface area contributed by atoms with E-state index in [4.69, 9.17) is 26.4 Å². The number of carbonyl (C=O) groups is 1. The maximum atomic E-state index is 12.7. The van der Waals surface area contributed by atoms with Crippen LogP contribution in [0.4, 0.5) is 5.69 Å². The molecule has 0 bridgehead atoms. The van der Waals surface area contributed by atoms with Crippen LogP contribution in [0.25, 0.3) is 6.08 Å². The van der Waals surface area contributed by atoms with Crippen LogP contribution in [0.3, 0.4) is 0 Å². The Hall–Kier alpha value is -2.58. The molecule has 3 heterocycles. The van der Waals surface area contributed by atoms with Crippen molar-refractivity contribution in [1.29, 1.82) is 0 Å². The van der Waals surface area contributed by atoms with Gasteiger partial charge in [-0.25, -0.2) is 0 Å². The number of benzene rings is 1. The molecule has 0 atom stereocenters. The molecule has 0 aliphatic carbocycles. The van der Waals surface area contributed by atoms with E-state index < -0.39 is 0 Å². The van der Waals surface area contributed by atoms with Gasteiger partial charge in [-0.05, 0) is 35.9 Å². The van der Waals surface area contributed by atoms with Gasteiger partial charge >= 0.3 is 0 Å². The van der Waals surface area contributed by atoms with Crippen LogP contribution >= 0.6 is 24.0 Å². The molecule has 0 saturated carbocycles. The highest BCUT2D eigenvalue weighted by molar-refractivity contribution is 8.27. The lowest BCUT2D eigenvalue weighted by atomic mass is 10.1. The molecule has 1 amide bonds. The molecule has 0 radical (unpaired) electrons. The fraction of sp³-hybridized carbons (Fsp3) is 0.118. The first kappa shape index (κ1) is 15.9. The minimum atomic E-state index is -0.181. The van der Waals surface area contributed by atoms with E-state index in [2.05, 4.69) is 4.98 Å². The molecule has 1 saturated heterocycles. The van der Waals surface area contributed by atoms with Gasteiger partial charge in [-0.15, -0.1) is 0 Å². The Kier molecular flexibility index (Phi) is 4.06. The number of thioether (sulfide) groups is 1. The molecule has 0 unspecified atom stereocenters. The Labute approximate surface area is 153 Å². The number of fused-ring (bicyclic) bond motifs is 1. The Balaban J connectivity index is 1.69. The molecule has 2 aliphatic heterocycles. The predicted octanol–water partition coefficient (Wildman–Crippen LogP) is 3.22. The third-order valence-corrected chi connectivity index (χ3v) is 4.98. The van der Waals surface area contributed by atoms with Crippen molar-refractivity contribution in [2.45, 2.75) is 0 Å². The molecule has 1 aromatic carbocycles. The smallest absolute Gasteiger partial charge is 0.270 e. The second-order valence-electron chi connectivity index (χ2n) is 5.19. The summed E-state index contributed by atoms with van der Waals surface area (Å²) in [6, 6.07) is 7.16. The average molecular weight is 372 g/mol. The van der Waals surface area contributed by atoms with E-state index in [1.807, 2.05) is 6.07 Å². The highest BCUT2D eigenvalue weighted by Crippen LogP contribution is 2.43. The highest BCUT2D eigenvalue weighted by atomic mass is 32.2. The van der Waals surface area contributed by atoms with Gasteiger partial charge in [-0.1, -0.05) is 24.0 Å². The number of aromatic nitrogens is 1. The van der Waals surface area contributed by atoms with Gasteiger partial charge in [-0.2, -0.15) is 0 Å². The summed E-state index contributed by atoms with van der Waals surface area (Å²) in [4.78, 5) is 18.8. The molecule has 25 heavy (non-hydrogen) atoms. The van der Waals surface area contributed by atoms with Gasteiger partial charge in [-0.3, -0.25) is 14.7 Å². The largest absolute Gasteiger partial charge is 0.493 e. The summed E-state index contributed by atoms with van der Waals surface area (Å²) in [6.07, 6.45) is 5.02. The van der Waals surface area contributed by atoms with Crippen molar-refractivity contribution in [2.75, 3.05) is 18.8 Å². The number of nitrogens with zero attached hydrogens (tertiary/aromatic N) is 2. The second kappa shape index (κ2) is 6.38. The van der Waals surface area contributed by atoms with E-state index in [1.165, 1.54) is 16.7 Å². The Morgan fingerprint density at radius 3 is 3.04 bits per heavy atom. The Morgan fingerprint density at radius 1 is 1.40 bits per heavy atom. The lowest BCUT2D eigenvalue weighted by Gasteiger charge is -2.13. The summed E-state index contributed by atoms with van der Waals surface area (Å²) in [6.45, 7) is 0.151. The molecule has 1 aromatic heterocycles. The van der Waals surface area contributed by atoms with Gasteiger partial charge in [0.25, 0.3) is 5.91 Å². The summed E-state index contributed by atoms with van der Waals surface area (Å²) >= 11 is 6.60. The maximum absolute atomic E-state index is 12.7. The van der Waals surface area contributed by atoms with Crippen LogP contribution in [-0.2, 0) is 4.79 Å². The summed E-state index contributed by atoms with van der Waals surface area (Å²) in [5.41, 5.74) is 1.42. The van der Waals surface area contributed by atoms with E-state index in [-0.39, 0.29) is 12.7 Å². The normalized spacial score (nSPS) is 17.5. The minimum Gasteiger partial charge on any atom is -0.493 e. The van der Waals surface area contributed by atoms with Crippen molar-refractivity contribution in [3.05, 3.63) is 47.1 Å². The number of rotatable bonds is 3. The Morgan fingerprint density at radius 2 is 2.28 bits per heavy atom. The SMILES string of the molecule is COc1cc(/C=C2\SC(=S)N(c3cccnc3)C2=O)cc2c1OCO2. The fourth-order valence-corrected chi connectivity index (χ4v) is 3.86. The van der Waals surface area contributed by atoms with Crippen molar-refractivity contribution < 1.29 is 19.0 Å². The van der Waals surface area contributed by atoms with Crippen molar-refractivity contribution in [3.63, 3.8) is 0 Å². The molecule has 4 rings (SSSR count). The number of methoxy groups -OCH3 is 1. The molecule has 0 spiro atoms. The number of amides is 1. The van der Waals surface area contributed by atoms with Gasteiger partial charge < -0.3 is 14.2 Å². The molecular weight excluding hydrogens is 360 g/mol. The predicted molar refractivity (Wildman–Crippen MR) is 99.0 cm³/mol. The van der Waals surface area contributed by atoms with Gasteiger partial charge in [0.05, 0.1) is 23.9 Å². The first-order valence-electron chi connectivity index (χ1n) is 7.33. The molecular formula is C17H12N2O4S2. The van der Waals surface area contributed by atoms with E-state index in [1.54, 1.807) is 43.8 Å². The summed E-state index contributed by atoms with van der Waals surface area (Å²) < 4.78 is 16.6. The lowest BCUT2D eigenvalue weighted by Crippen LogP contribution is -2.27. The molecule has 126 valence electrons. The van der Waals surface area contributed by atoms with Gasteiger partial charge in [0.2, 0.25) is 12.5 Å². The second-order valence-corrected chi connectivity index (χ2v) is 6.86. The van der Waals surface area contributed by atoms with Crippen LogP contribution in [0.5, 0.6) is 17.2 Å². The zero-order valence-corrected chi connectivity index (χ0v) is 14.7. The van der Waals surface area contributed by atoms with Crippen LogP contribution < -0.4 is 19.1 Å². The van der Waals surface area contributed by atoms with Crippen LogP contribution in [-0.4, -0.2) is 29.1 Å². The standard InChI is InChI=1S/C17H12N2O4S2/c1-21-12-5-10(6-13-15(12)23-9-22-13)7-14-16(20)19(17(24)25-14)11-3-2-4-18-8-11/h2-8H,9H2,1H3/b14-7-. The van der Waals surface area contributed by atoms with Crippen molar-refractivity contribution >= 4 is 46.0 Å². The van der Waals surface area contributed by atoms with E-state index in [0.717, 1.165) is 5.56 Å². The molecule has 0 N–H and O–H groups in total. The van der Waals surface area contributed by atoms with Crippen molar-refractivity contribution in [2.24, 2.45) is 0 Å². The highest BCUT2D eigenvalue weighted by Gasteiger charge is 2.33. The quantitative estimate of drug-likeness (QED) is 0.605. The van der Waals surface area contributed by atoms with E-state index in [9.17, 15) is 4.79 Å². The zero-order chi connectivity index (χ0) is 17.4. The Bertz CT molecular complexity index is 899. The number of anilines is 1. The van der Waals surface area contributed by atoms with E-state index >= 15 is 0 Å². The first-order chi connectivity index (χ1) is 12.2.